The highest BCUT2D eigenvalue weighted by molar-refractivity contribution is 5.86. The molecule has 2 aromatic rings. The number of halogens is 1. The van der Waals surface area contributed by atoms with Gasteiger partial charge in [0, 0.05) is 25.6 Å². The molecule has 0 unspecified atom stereocenters. The number of likely N-dealkylation sites (tertiary alicyclic amines) is 1. The van der Waals surface area contributed by atoms with Crippen LogP contribution < -0.4 is 5.32 Å². The average molecular weight is 397 g/mol. The number of hydrogen-bond acceptors (Lipinski definition) is 2. The Morgan fingerprint density at radius 3 is 2.38 bits per heavy atom. The monoisotopic (exact) mass is 396 g/mol. The summed E-state index contributed by atoms with van der Waals surface area (Å²) < 4.78 is 13.3. The third-order valence-electron chi connectivity index (χ3n) is 5.42. The Balaban J connectivity index is 1.90. The lowest BCUT2D eigenvalue weighted by Gasteiger charge is -2.32. The van der Waals surface area contributed by atoms with Gasteiger partial charge in [-0.05, 0) is 62.4 Å². The first kappa shape index (κ1) is 21.0. The summed E-state index contributed by atoms with van der Waals surface area (Å²) in [6.07, 6.45) is 1.18. The van der Waals surface area contributed by atoms with Gasteiger partial charge in [0.2, 0.25) is 11.8 Å². The molecule has 1 heterocycles. The van der Waals surface area contributed by atoms with Crippen molar-refractivity contribution in [2.45, 2.75) is 46.1 Å². The lowest BCUT2D eigenvalue weighted by Crippen LogP contribution is -2.51. The maximum atomic E-state index is 13.3. The van der Waals surface area contributed by atoms with E-state index in [1.165, 1.54) is 12.1 Å². The molecule has 0 radical (unpaired) electrons. The molecule has 5 heteroatoms. The Labute approximate surface area is 172 Å². The number of nitrogens with zero attached hydrogens (tertiary/aromatic N) is 1. The molecule has 1 atom stereocenters. The van der Waals surface area contributed by atoms with Crippen LogP contribution in [0.5, 0.6) is 0 Å². The highest BCUT2D eigenvalue weighted by Crippen LogP contribution is 2.36. The Bertz CT molecular complexity index is 902. The number of rotatable bonds is 4. The van der Waals surface area contributed by atoms with Crippen molar-refractivity contribution in [3.05, 3.63) is 59.9 Å². The largest absolute Gasteiger partial charge is 0.351 e. The molecule has 2 amide bonds. The van der Waals surface area contributed by atoms with E-state index in [-0.39, 0.29) is 23.2 Å². The number of carbonyl (C=O) groups excluding carboxylic acids is 2. The molecule has 1 aliphatic rings. The van der Waals surface area contributed by atoms with E-state index in [0.717, 1.165) is 16.7 Å². The SMILES string of the molecule is CC(=O)N1CC[C@@](Cc2cccc(-c3ccc(F)cc3)c2)(C(=O)NC(C)(C)C)C1. The molecule has 2 aromatic carbocycles. The number of carbonyl (C=O) groups is 2. The van der Waals surface area contributed by atoms with E-state index in [0.29, 0.717) is 25.9 Å². The van der Waals surface area contributed by atoms with Gasteiger partial charge in [0.15, 0.2) is 0 Å². The number of benzene rings is 2. The van der Waals surface area contributed by atoms with Gasteiger partial charge in [0.1, 0.15) is 5.82 Å². The van der Waals surface area contributed by atoms with Crippen molar-refractivity contribution >= 4 is 11.8 Å². The predicted molar refractivity (Wildman–Crippen MR) is 113 cm³/mol. The molecule has 29 heavy (non-hydrogen) atoms. The minimum atomic E-state index is -0.652. The van der Waals surface area contributed by atoms with Crippen molar-refractivity contribution in [3.8, 4) is 11.1 Å². The molecule has 4 nitrogen and oxygen atoms in total. The molecule has 1 N–H and O–H groups in total. The number of hydrogen-bond donors (Lipinski definition) is 1. The standard InChI is InChI=1S/C24H29FN2O2/c1-17(28)27-13-12-24(16-27,22(29)26-23(2,3)4)15-18-6-5-7-20(14-18)19-8-10-21(25)11-9-19/h5-11,14H,12-13,15-16H2,1-4H3,(H,26,29)/t24-/m0/s1. The average Bonchev–Trinajstić information content (AvgIpc) is 3.07. The van der Waals surface area contributed by atoms with Crippen molar-refractivity contribution < 1.29 is 14.0 Å². The molecule has 1 aliphatic heterocycles. The van der Waals surface area contributed by atoms with Gasteiger partial charge in [-0.15, -0.1) is 0 Å². The van der Waals surface area contributed by atoms with Crippen molar-refractivity contribution in [3.63, 3.8) is 0 Å². The zero-order valence-electron chi connectivity index (χ0n) is 17.6. The maximum absolute atomic E-state index is 13.3. The Morgan fingerprint density at radius 2 is 1.79 bits per heavy atom. The molecule has 0 spiro atoms. The van der Waals surface area contributed by atoms with Crippen LogP contribution in [0.15, 0.2) is 48.5 Å². The fraction of sp³-hybridized carbons (Fsp3) is 0.417. The fourth-order valence-electron chi connectivity index (χ4n) is 3.92. The number of amides is 2. The Kier molecular flexibility index (Phi) is 5.78. The topological polar surface area (TPSA) is 49.4 Å². The zero-order valence-corrected chi connectivity index (χ0v) is 17.6. The number of nitrogens with one attached hydrogen (secondary N) is 1. The van der Waals surface area contributed by atoms with Crippen molar-refractivity contribution in [1.29, 1.82) is 0 Å². The van der Waals surface area contributed by atoms with Gasteiger partial charge in [-0.25, -0.2) is 4.39 Å². The van der Waals surface area contributed by atoms with Crippen LogP contribution in [0.2, 0.25) is 0 Å². The summed E-state index contributed by atoms with van der Waals surface area (Å²) in [5.74, 6) is -0.283. The molecule has 154 valence electrons. The van der Waals surface area contributed by atoms with Crippen LogP contribution in [-0.2, 0) is 16.0 Å². The van der Waals surface area contributed by atoms with E-state index in [2.05, 4.69) is 11.4 Å². The fourth-order valence-corrected chi connectivity index (χ4v) is 3.92. The van der Waals surface area contributed by atoms with E-state index in [4.69, 9.17) is 0 Å². The van der Waals surface area contributed by atoms with E-state index >= 15 is 0 Å². The second-order valence-electron chi connectivity index (χ2n) is 9.06. The molecule has 0 saturated carbocycles. The van der Waals surface area contributed by atoms with Crippen LogP contribution in [0.3, 0.4) is 0 Å². The first-order valence-electron chi connectivity index (χ1n) is 10.0. The summed E-state index contributed by atoms with van der Waals surface area (Å²) in [5, 5.41) is 3.12. The van der Waals surface area contributed by atoms with Gasteiger partial charge < -0.3 is 10.2 Å². The summed E-state index contributed by atoms with van der Waals surface area (Å²) >= 11 is 0. The van der Waals surface area contributed by atoms with E-state index in [1.54, 1.807) is 24.0 Å². The van der Waals surface area contributed by atoms with Crippen LogP contribution in [0.1, 0.15) is 39.7 Å². The predicted octanol–water partition coefficient (Wildman–Crippen LogP) is 4.19. The van der Waals surface area contributed by atoms with Crippen LogP contribution in [0.25, 0.3) is 11.1 Å². The van der Waals surface area contributed by atoms with Crippen LogP contribution in [0.4, 0.5) is 4.39 Å². The van der Waals surface area contributed by atoms with E-state index < -0.39 is 5.41 Å². The lowest BCUT2D eigenvalue weighted by molar-refractivity contribution is -0.133. The summed E-state index contributed by atoms with van der Waals surface area (Å²) in [5.41, 5.74) is 1.94. The second kappa shape index (κ2) is 7.97. The highest BCUT2D eigenvalue weighted by atomic mass is 19.1. The van der Waals surface area contributed by atoms with Gasteiger partial charge in [-0.2, -0.15) is 0 Å². The second-order valence-corrected chi connectivity index (χ2v) is 9.06. The molecule has 0 aliphatic carbocycles. The van der Waals surface area contributed by atoms with Gasteiger partial charge in [0.05, 0.1) is 5.41 Å². The molecule has 0 bridgehead atoms. The molecule has 3 rings (SSSR count). The normalized spacial score (nSPS) is 19.3. The zero-order chi connectivity index (χ0) is 21.2. The first-order chi connectivity index (χ1) is 13.6. The third-order valence-corrected chi connectivity index (χ3v) is 5.42. The maximum Gasteiger partial charge on any atom is 0.228 e. The van der Waals surface area contributed by atoms with Crippen LogP contribution in [-0.4, -0.2) is 35.3 Å². The molecule has 0 aromatic heterocycles. The minimum absolute atomic E-state index is 0.00417. The van der Waals surface area contributed by atoms with Crippen molar-refractivity contribution in [2.75, 3.05) is 13.1 Å². The lowest BCUT2D eigenvalue weighted by atomic mass is 9.78. The van der Waals surface area contributed by atoms with Gasteiger partial charge in [-0.3, -0.25) is 9.59 Å². The summed E-state index contributed by atoms with van der Waals surface area (Å²) in [6, 6.07) is 14.4. The summed E-state index contributed by atoms with van der Waals surface area (Å²) in [7, 11) is 0. The smallest absolute Gasteiger partial charge is 0.228 e. The summed E-state index contributed by atoms with van der Waals surface area (Å²) in [6.45, 7) is 8.45. The van der Waals surface area contributed by atoms with Gasteiger partial charge in [0.25, 0.3) is 0 Å². The van der Waals surface area contributed by atoms with Crippen LogP contribution in [0, 0.1) is 11.2 Å². The van der Waals surface area contributed by atoms with E-state index in [9.17, 15) is 14.0 Å². The Hall–Kier alpha value is -2.69. The summed E-state index contributed by atoms with van der Waals surface area (Å²) in [4.78, 5) is 26.9. The molecule has 1 saturated heterocycles. The molecular weight excluding hydrogens is 367 g/mol. The van der Waals surface area contributed by atoms with Gasteiger partial charge >= 0.3 is 0 Å². The molecular formula is C24H29FN2O2. The van der Waals surface area contributed by atoms with Crippen molar-refractivity contribution in [1.82, 2.24) is 10.2 Å². The highest BCUT2D eigenvalue weighted by Gasteiger charge is 2.46. The van der Waals surface area contributed by atoms with E-state index in [1.807, 2.05) is 39.0 Å². The van der Waals surface area contributed by atoms with Gasteiger partial charge in [-0.1, -0.05) is 36.4 Å². The molecule has 1 fully saturated rings. The first-order valence-corrected chi connectivity index (χ1v) is 10.0. The van der Waals surface area contributed by atoms with Crippen molar-refractivity contribution in [2.24, 2.45) is 5.41 Å². The Morgan fingerprint density at radius 1 is 1.10 bits per heavy atom. The quantitative estimate of drug-likeness (QED) is 0.843. The van der Waals surface area contributed by atoms with Crippen LogP contribution >= 0.6 is 0 Å². The third kappa shape index (κ3) is 5.03. The minimum Gasteiger partial charge on any atom is -0.351 e.